The first kappa shape index (κ1) is 11.1. The van der Waals surface area contributed by atoms with Crippen LogP contribution in [-0.4, -0.2) is 13.0 Å². The second kappa shape index (κ2) is 3.91. The molecule has 0 unspecified atom stereocenters. The van der Waals surface area contributed by atoms with Crippen molar-refractivity contribution >= 4 is 33.1 Å². The van der Waals surface area contributed by atoms with Crippen LogP contribution in [0.5, 0.6) is 0 Å². The third-order valence-electron chi connectivity index (χ3n) is 2.84. The summed E-state index contributed by atoms with van der Waals surface area (Å²) in [5, 5.41) is 0. The molecule has 0 fully saturated rings. The number of amides is 1. The Balaban J connectivity index is 2.71. The topological polar surface area (TPSA) is 20.3 Å². The van der Waals surface area contributed by atoms with Crippen molar-refractivity contribution in [1.29, 1.82) is 0 Å². The minimum absolute atomic E-state index is 0.0271. The molecule has 0 radical (unpaired) electrons. The van der Waals surface area contributed by atoms with Crippen LogP contribution in [0.15, 0.2) is 40.9 Å². The number of carbonyl (C=O) groups excluding carboxylic acids is 1. The Hall–Kier alpha value is -1.35. The molecule has 1 aromatic rings. The van der Waals surface area contributed by atoms with E-state index in [4.69, 9.17) is 0 Å². The maximum absolute atomic E-state index is 12.1. The first-order valence-electron chi connectivity index (χ1n) is 4.97. The molecule has 1 aliphatic rings. The van der Waals surface area contributed by atoms with Gasteiger partial charge >= 0.3 is 0 Å². The number of halogens is 1. The number of para-hydroxylation sites is 1. The number of carbonyl (C=O) groups is 1. The zero-order valence-corrected chi connectivity index (χ0v) is 10.8. The Morgan fingerprint density at radius 1 is 1.38 bits per heavy atom. The highest BCUT2D eigenvalue weighted by Gasteiger charge is 2.30. The van der Waals surface area contributed by atoms with Crippen molar-refractivity contribution in [2.75, 3.05) is 11.9 Å². The number of hydrogen-bond acceptors (Lipinski definition) is 1. The number of hydrogen-bond donors (Lipinski definition) is 0. The zero-order chi connectivity index (χ0) is 11.9. The first-order chi connectivity index (χ1) is 7.54. The van der Waals surface area contributed by atoms with Crippen LogP contribution in [0.2, 0.25) is 0 Å². The van der Waals surface area contributed by atoms with Gasteiger partial charge in [0.15, 0.2) is 0 Å². The molecule has 82 valence electrons. The average Bonchev–Trinajstić information content (AvgIpc) is 2.52. The molecule has 1 aromatic carbocycles. The molecule has 2 rings (SSSR count). The molecule has 0 saturated heterocycles. The summed E-state index contributed by atoms with van der Waals surface area (Å²) < 4.78 is 0.751. The molecule has 2 nitrogen and oxygen atoms in total. The quantitative estimate of drug-likeness (QED) is 0.721. The highest BCUT2D eigenvalue weighted by atomic mass is 79.9. The fourth-order valence-corrected chi connectivity index (χ4v) is 2.07. The van der Waals surface area contributed by atoms with Crippen LogP contribution >= 0.6 is 15.9 Å². The number of fused-ring (bicyclic) bond motifs is 1. The molecule has 0 atom stereocenters. The largest absolute Gasteiger partial charge is 0.311 e. The third kappa shape index (κ3) is 1.52. The van der Waals surface area contributed by atoms with Crippen LogP contribution in [0, 0.1) is 0 Å². The van der Waals surface area contributed by atoms with Crippen molar-refractivity contribution in [3.63, 3.8) is 0 Å². The van der Waals surface area contributed by atoms with Gasteiger partial charge in [0.25, 0.3) is 5.91 Å². The highest BCUT2D eigenvalue weighted by molar-refractivity contribution is 9.11. The van der Waals surface area contributed by atoms with Gasteiger partial charge in [-0.2, -0.15) is 0 Å². The lowest BCUT2D eigenvalue weighted by Gasteiger charge is -2.08. The molecule has 16 heavy (non-hydrogen) atoms. The van der Waals surface area contributed by atoms with E-state index in [0.29, 0.717) is 0 Å². The Bertz CT molecular complexity index is 516. The third-order valence-corrected chi connectivity index (χ3v) is 3.43. The normalized spacial score (nSPS) is 17.4. The van der Waals surface area contributed by atoms with Gasteiger partial charge in [0.05, 0.1) is 11.3 Å². The van der Waals surface area contributed by atoms with Gasteiger partial charge in [0.1, 0.15) is 0 Å². The van der Waals surface area contributed by atoms with E-state index in [0.717, 1.165) is 26.9 Å². The van der Waals surface area contributed by atoms with Crippen LogP contribution in [0.3, 0.4) is 0 Å². The summed E-state index contributed by atoms with van der Waals surface area (Å²) in [6.45, 7) is 5.72. The van der Waals surface area contributed by atoms with Gasteiger partial charge in [-0.3, -0.25) is 4.79 Å². The predicted octanol–water partition coefficient (Wildman–Crippen LogP) is 3.35. The van der Waals surface area contributed by atoms with E-state index in [1.165, 1.54) is 0 Å². The Kier molecular flexibility index (Phi) is 2.72. The Morgan fingerprint density at radius 3 is 2.62 bits per heavy atom. The smallest absolute Gasteiger partial charge is 0.259 e. The first-order valence-corrected chi connectivity index (χ1v) is 5.76. The molecular formula is C13H12BrNO. The van der Waals surface area contributed by atoms with Crippen molar-refractivity contribution in [2.45, 2.75) is 6.92 Å². The molecule has 0 spiro atoms. The molecular weight excluding hydrogens is 266 g/mol. The SMILES string of the molecule is C=C(Br)/C(C)=C1\C(=O)N(C)c2ccccc21. The molecule has 0 saturated carbocycles. The van der Waals surface area contributed by atoms with Crippen molar-refractivity contribution < 1.29 is 4.79 Å². The van der Waals surface area contributed by atoms with E-state index in [1.807, 2.05) is 31.2 Å². The van der Waals surface area contributed by atoms with Crippen LogP contribution in [-0.2, 0) is 4.79 Å². The molecule has 3 heteroatoms. The monoisotopic (exact) mass is 277 g/mol. The molecule has 0 bridgehead atoms. The molecule has 0 aliphatic carbocycles. The van der Waals surface area contributed by atoms with E-state index < -0.39 is 0 Å². The van der Waals surface area contributed by atoms with E-state index in [2.05, 4.69) is 22.5 Å². The molecule has 1 aliphatic heterocycles. The summed E-state index contributed by atoms with van der Waals surface area (Å²) in [7, 11) is 1.79. The van der Waals surface area contributed by atoms with Crippen LogP contribution < -0.4 is 4.90 Å². The summed E-state index contributed by atoms with van der Waals surface area (Å²) in [6, 6.07) is 7.79. The molecule has 0 N–H and O–H groups in total. The van der Waals surface area contributed by atoms with Gasteiger partial charge in [-0.1, -0.05) is 40.7 Å². The minimum atomic E-state index is 0.0271. The summed E-state index contributed by atoms with van der Waals surface area (Å²) in [4.78, 5) is 13.8. The number of anilines is 1. The summed E-state index contributed by atoms with van der Waals surface area (Å²) in [5.74, 6) is 0.0271. The number of likely N-dealkylation sites (N-methyl/N-ethyl adjacent to an activating group) is 1. The van der Waals surface area contributed by atoms with Gasteiger partial charge in [-0.15, -0.1) is 0 Å². The van der Waals surface area contributed by atoms with E-state index in [1.54, 1.807) is 11.9 Å². The molecule has 1 amide bonds. The second-order valence-electron chi connectivity index (χ2n) is 3.79. The molecule has 1 heterocycles. The number of allylic oxidation sites excluding steroid dienone is 2. The lowest BCUT2D eigenvalue weighted by Crippen LogP contribution is -2.20. The van der Waals surface area contributed by atoms with Crippen molar-refractivity contribution in [3.05, 3.63) is 46.5 Å². The fraction of sp³-hybridized carbons (Fsp3) is 0.154. The maximum Gasteiger partial charge on any atom is 0.259 e. The van der Waals surface area contributed by atoms with Gasteiger partial charge < -0.3 is 4.90 Å². The van der Waals surface area contributed by atoms with Gasteiger partial charge in [0, 0.05) is 17.1 Å². The van der Waals surface area contributed by atoms with E-state index in [-0.39, 0.29) is 5.91 Å². The number of nitrogens with zero attached hydrogens (tertiary/aromatic N) is 1. The molecule has 0 aromatic heterocycles. The van der Waals surface area contributed by atoms with Crippen LogP contribution in [0.4, 0.5) is 5.69 Å². The summed E-state index contributed by atoms with van der Waals surface area (Å²) in [5.41, 5.74) is 3.56. The van der Waals surface area contributed by atoms with Gasteiger partial charge in [-0.05, 0) is 18.6 Å². The van der Waals surface area contributed by atoms with Gasteiger partial charge in [0.2, 0.25) is 0 Å². The zero-order valence-electron chi connectivity index (χ0n) is 9.25. The maximum atomic E-state index is 12.1. The second-order valence-corrected chi connectivity index (χ2v) is 4.74. The van der Waals surface area contributed by atoms with E-state index in [9.17, 15) is 4.79 Å². The standard InChI is InChI=1S/C13H12BrNO/c1-8(9(2)14)12-10-6-4-5-7-11(10)15(3)13(12)16/h4-7H,2H2,1,3H3/b12-8-. The lowest BCUT2D eigenvalue weighted by atomic mass is 10.0. The van der Waals surface area contributed by atoms with Crippen LogP contribution in [0.1, 0.15) is 12.5 Å². The summed E-state index contributed by atoms with van der Waals surface area (Å²) in [6.07, 6.45) is 0. The summed E-state index contributed by atoms with van der Waals surface area (Å²) >= 11 is 3.33. The number of benzene rings is 1. The predicted molar refractivity (Wildman–Crippen MR) is 70.5 cm³/mol. The Morgan fingerprint density at radius 2 is 2.00 bits per heavy atom. The van der Waals surface area contributed by atoms with Crippen LogP contribution in [0.25, 0.3) is 5.57 Å². The number of rotatable bonds is 1. The lowest BCUT2D eigenvalue weighted by molar-refractivity contribution is -0.112. The average molecular weight is 278 g/mol. The van der Waals surface area contributed by atoms with Crippen molar-refractivity contribution in [2.24, 2.45) is 0 Å². The van der Waals surface area contributed by atoms with E-state index >= 15 is 0 Å². The fourth-order valence-electron chi connectivity index (χ4n) is 1.87. The van der Waals surface area contributed by atoms with Crippen molar-refractivity contribution in [1.82, 2.24) is 0 Å². The van der Waals surface area contributed by atoms with Crippen molar-refractivity contribution in [3.8, 4) is 0 Å². The Labute approximate surface area is 103 Å². The van der Waals surface area contributed by atoms with Gasteiger partial charge in [-0.25, -0.2) is 0 Å². The highest BCUT2D eigenvalue weighted by Crippen LogP contribution is 2.39. The minimum Gasteiger partial charge on any atom is -0.311 e.